The molecule has 156 valence electrons. The van der Waals surface area contributed by atoms with Crippen LogP contribution >= 0.6 is 11.6 Å². The first-order valence-corrected chi connectivity index (χ1v) is 9.44. The molecule has 0 spiro atoms. The largest absolute Gasteiger partial charge is 0.433 e. The van der Waals surface area contributed by atoms with E-state index in [0.717, 1.165) is 25.7 Å². The number of nitrogens with zero attached hydrogens (tertiary/aromatic N) is 1. The summed E-state index contributed by atoms with van der Waals surface area (Å²) in [5.41, 5.74) is 5.79. The predicted octanol–water partition coefficient (Wildman–Crippen LogP) is 3.03. The van der Waals surface area contributed by atoms with Crippen molar-refractivity contribution in [3.63, 3.8) is 0 Å². The molecule has 2 amide bonds. The monoisotopic (exact) mass is 427 g/mol. The molecule has 1 aromatic heterocycles. The molecule has 1 aliphatic rings. The Morgan fingerprint density at radius 2 is 1.97 bits per heavy atom. The van der Waals surface area contributed by atoms with Gasteiger partial charge in [0.15, 0.2) is 0 Å². The normalized spacial score (nSPS) is 19.3. The molecule has 3 rings (SSSR count). The number of halogens is 3. The third kappa shape index (κ3) is 5.74. The Morgan fingerprint density at radius 1 is 1.24 bits per heavy atom. The number of hydrogen-bond acceptors (Lipinski definition) is 5. The number of carbonyl (C=O) groups excluding carboxylic acids is 2. The summed E-state index contributed by atoms with van der Waals surface area (Å²) in [6.07, 6.45) is 4.21. The van der Waals surface area contributed by atoms with Crippen LogP contribution in [0.4, 0.5) is 8.78 Å². The van der Waals surface area contributed by atoms with Crippen molar-refractivity contribution in [3.05, 3.63) is 35.0 Å². The number of nitrogens with one attached hydrogen (secondary N) is 1. The van der Waals surface area contributed by atoms with Gasteiger partial charge in [0.25, 0.3) is 5.91 Å². The lowest BCUT2D eigenvalue weighted by atomic mass is 9.92. The van der Waals surface area contributed by atoms with Crippen molar-refractivity contribution in [3.8, 4) is 5.75 Å². The van der Waals surface area contributed by atoms with E-state index >= 15 is 0 Å². The van der Waals surface area contributed by atoms with E-state index in [1.165, 1.54) is 18.3 Å². The summed E-state index contributed by atoms with van der Waals surface area (Å²) >= 11 is 5.97. The van der Waals surface area contributed by atoms with E-state index in [2.05, 4.69) is 15.0 Å². The van der Waals surface area contributed by atoms with E-state index in [1.54, 1.807) is 6.07 Å². The number of hydrogen-bond donors (Lipinski definition) is 2. The molecule has 0 aliphatic heterocycles. The molecule has 0 atom stereocenters. The lowest BCUT2D eigenvalue weighted by Gasteiger charge is -2.28. The number of pyridine rings is 1. The fraction of sp³-hybridized carbons (Fsp3) is 0.421. The van der Waals surface area contributed by atoms with Crippen LogP contribution in [0.15, 0.2) is 24.4 Å². The molecule has 29 heavy (non-hydrogen) atoms. The van der Waals surface area contributed by atoms with Crippen molar-refractivity contribution in [1.82, 2.24) is 10.3 Å². The number of carbonyl (C=O) groups is 2. The Kier molecular flexibility index (Phi) is 6.81. The van der Waals surface area contributed by atoms with Gasteiger partial charge in [0.2, 0.25) is 5.91 Å². The highest BCUT2D eigenvalue weighted by atomic mass is 35.5. The molecular weight excluding hydrogens is 408 g/mol. The van der Waals surface area contributed by atoms with Crippen molar-refractivity contribution in [2.45, 2.75) is 44.4 Å². The summed E-state index contributed by atoms with van der Waals surface area (Å²) in [6, 6.07) is 4.31. The summed E-state index contributed by atoms with van der Waals surface area (Å²) in [5, 5.41) is 3.50. The van der Waals surface area contributed by atoms with Gasteiger partial charge >= 0.3 is 6.61 Å². The highest BCUT2D eigenvalue weighted by Gasteiger charge is 2.24. The minimum atomic E-state index is -2.99. The molecule has 0 saturated heterocycles. The lowest BCUT2D eigenvalue weighted by molar-refractivity contribution is -0.125. The van der Waals surface area contributed by atoms with Crippen molar-refractivity contribution in [1.29, 1.82) is 0 Å². The number of ether oxygens (including phenoxy) is 2. The van der Waals surface area contributed by atoms with E-state index in [9.17, 15) is 18.4 Å². The maximum Gasteiger partial charge on any atom is 0.387 e. The number of primary amides is 1. The second kappa shape index (κ2) is 9.32. The Balaban J connectivity index is 1.62. The number of rotatable bonds is 7. The zero-order valence-electron chi connectivity index (χ0n) is 15.4. The van der Waals surface area contributed by atoms with Crippen molar-refractivity contribution in [2.75, 3.05) is 6.61 Å². The standard InChI is InChI=1S/C19H20ClF2N3O4/c20-14-6-10-5-11(8-24-15(10)7-16(14)29-19(21)22)18(27)25-12-1-3-13(4-2-12)28-9-17(23)26/h5-8,12-13,19H,1-4,9H2,(H2,23,26)(H,25,27)/t12-,13-. The number of fused-ring (bicyclic) bond motifs is 1. The summed E-state index contributed by atoms with van der Waals surface area (Å²) in [4.78, 5) is 27.5. The summed E-state index contributed by atoms with van der Waals surface area (Å²) in [7, 11) is 0. The van der Waals surface area contributed by atoms with Crippen molar-refractivity contribution >= 4 is 34.3 Å². The van der Waals surface area contributed by atoms with Gasteiger partial charge in [-0.1, -0.05) is 11.6 Å². The summed E-state index contributed by atoms with van der Waals surface area (Å²) < 4.78 is 34.6. The number of benzene rings is 1. The highest BCUT2D eigenvalue weighted by Crippen LogP contribution is 2.31. The molecule has 7 nitrogen and oxygen atoms in total. The topological polar surface area (TPSA) is 104 Å². The van der Waals surface area contributed by atoms with E-state index < -0.39 is 12.5 Å². The molecule has 3 N–H and O–H groups in total. The van der Waals surface area contributed by atoms with E-state index in [1.807, 2.05) is 0 Å². The molecule has 1 fully saturated rings. The summed E-state index contributed by atoms with van der Waals surface area (Å²) in [6.45, 7) is -3.09. The molecule has 1 aromatic carbocycles. The average Bonchev–Trinajstić information content (AvgIpc) is 2.67. The van der Waals surface area contributed by atoms with Crippen LogP contribution in [-0.4, -0.2) is 42.2 Å². The Bertz CT molecular complexity index is 904. The summed E-state index contributed by atoms with van der Waals surface area (Å²) in [5.74, 6) is -0.962. The Labute approximate surface area is 170 Å². The second-order valence-corrected chi connectivity index (χ2v) is 7.21. The maximum absolute atomic E-state index is 12.6. The molecular formula is C19H20ClF2N3O4. The number of alkyl halides is 2. The quantitative estimate of drug-likeness (QED) is 0.706. The molecule has 2 aromatic rings. The van der Waals surface area contributed by atoms with Crippen LogP contribution in [0.3, 0.4) is 0 Å². The van der Waals surface area contributed by atoms with E-state index in [0.29, 0.717) is 16.5 Å². The van der Waals surface area contributed by atoms with Gasteiger partial charge in [-0.2, -0.15) is 8.78 Å². The smallest absolute Gasteiger partial charge is 0.387 e. The van der Waals surface area contributed by atoms with Gasteiger partial charge < -0.3 is 20.5 Å². The van der Waals surface area contributed by atoms with Gasteiger partial charge in [-0.3, -0.25) is 14.6 Å². The van der Waals surface area contributed by atoms with Crippen molar-refractivity contribution in [2.24, 2.45) is 5.73 Å². The zero-order valence-corrected chi connectivity index (χ0v) is 16.1. The number of nitrogens with two attached hydrogens (primary N) is 1. The molecule has 0 bridgehead atoms. The fourth-order valence-electron chi connectivity index (χ4n) is 3.28. The van der Waals surface area contributed by atoms with Gasteiger partial charge in [-0.15, -0.1) is 0 Å². The van der Waals surface area contributed by atoms with Crippen LogP contribution in [0.25, 0.3) is 10.9 Å². The first-order valence-electron chi connectivity index (χ1n) is 9.06. The molecule has 1 saturated carbocycles. The van der Waals surface area contributed by atoms with Gasteiger partial charge in [-0.05, 0) is 37.8 Å². The van der Waals surface area contributed by atoms with Crippen LogP contribution in [0.1, 0.15) is 36.0 Å². The lowest BCUT2D eigenvalue weighted by Crippen LogP contribution is -2.39. The van der Waals surface area contributed by atoms with Gasteiger partial charge in [0.05, 0.1) is 22.2 Å². The predicted molar refractivity (Wildman–Crippen MR) is 102 cm³/mol. The molecule has 1 aliphatic carbocycles. The zero-order chi connectivity index (χ0) is 21.0. The van der Waals surface area contributed by atoms with Crippen LogP contribution < -0.4 is 15.8 Å². The fourth-order valence-corrected chi connectivity index (χ4v) is 3.50. The minimum Gasteiger partial charge on any atom is -0.433 e. The third-order valence-corrected chi connectivity index (χ3v) is 4.98. The highest BCUT2D eigenvalue weighted by molar-refractivity contribution is 6.32. The van der Waals surface area contributed by atoms with E-state index in [4.69, 9.17) is 22.1 Å². The van der Waals surface area contributed by atoms with E-state index in [-0.39, 0.29) is 35.4 Å². The second-order valence-electron chi connectivity index (χ2n) is 6.80. The SMILES string of the molecule is NC(=O)CO[C@H]1CC[C@H](NC(=O)c2cnc3cc(OC(F)F)c(Cl)cc3c2)CC1. The third-order valence-electron chi connectivity index (χ3n) is 4.68. The number of amides is 2. The molecule has 10 heteroatoms. The minimum absolute atomic E-state index is 0.00596. The Hall–Kier alpha value is -2.52. The average molecular weight is 428 g/mol. The van der Waals surface area contributed by atoms with Crippen LogP contribution in [0, 0.1) is 0 Å². The Morgan fingerprint density at radius 3 is 2.62 bits per heavy atom. The van der Waals surface area contributed by atoms with Crippen LogP contribution in [0.5, 0.6) is 5.75 Å². The number of aromatic nitrogens is 1. The molecule has 1 heterocycles. The maximum atomic E-state index is 12.6. The molecule has 0 radical (unpaired) electrons. The molecule has 0 unspecified atom stereocenters. The van der Waals surface area contributed by atoms with Gasteiger partial charge in [0, 0.05) is 23.7 Å². The first kappa shape index (κ1) is 21.2. The van der Waals surface area contributed by atoms with Crippen LogP contribution in [0.2, 0.25) is 5.02 Å². The van der Waals surface area contributed by atoms with Gasteiger partial charge in [0.1, 0.15) is 12.4 Å². The van der Waals surface area contributed by atoms with Crippen molar-refractivity contribution < 1.29 is 27.8 Å². The first-order chi connectivity index (χ1) is 13.8. The van der Waals surface area contributed by atoms with Gasteiger partial charge in [-0.25, -0.2) is 0 Å². The van der Waals surface area contributed by atoms with Crippen LogP contribution in [-0.2, 0) is 9.53 Å².